The van der Waals surface area contributed by atoms with Crippen LogP contribution in [0.4, 0.5) is 5.69 Å². The highest BCUT2D eigenvalue weighted by Crippen LogP contribution is 2.45. The van der Waals surface area contributed by atoms with Crippen LogP contribution in [0.3, 0.4) is 0 Å². The molecule has 0 bridgehead atoms. The van der Waals surface area contributed by atoms with Crippen LogP contribution in [-0.4, -0.2) is 30.3 Å². The van der Waals surface area contributed by atoms with E-state index in [1.807, 2.05) is 16.8 Å². The second-order valence-electron chi connectivity index (χ2n) is 7.00. The largest absolute Gasteiger partial charge is 0.320 e. The van der Waals surface area contributed by atoms with E-state index in [0.29, 0.717) is 28.1 Å². The van der Waals surface area contributed by atoms with Crippen LogP contribution < -0.4 is 5.32 Å². The Kier molecular flexibility index (Phi) is 3.59. The summed E-state index contributed by atoms with van der Waals surface area (Å²) in [7, 11) is 0. The molecule has 3 aromatic heterocycles. The zero-order valence-electron chi connectivity index (χ0n) is 14.3. The fourth-order valence-corrected chi connectivity index (χ4v) is 3.61. The Morgan fingerprint density at radius 1 is 1.23 bits per heavy atom. The zero-order chi connectivity index (χ0) is 17.7. The average Bonchev–Trinajstić information content (AvgIpc) is 3.58. The monoisotopic (exact) mass is 366 g/mol. The molecule has 3 heterocycles. The molecule has 26 heavy (non-hydrogen) atoms. The Morgan fingerprint density at radius 3 is 2.65 bits per heavy atom. The van der Waals surface area contributed by atoms with E-state index in [-0.39, 0.29) is 5.91 Å². The highest BCUT2D eigenvalue weighted by atomic mass is 32.1. The normalized spacial score (nSPS) is 16.7. The highest BCUT2D eigenvalue weighted by Gasteiger charge is 2.33. The lowest BCUT2D eigenvalue weighted by Gasteiger charge is -2.07. The molecule has 0 spiro atoms. The lowest BCUT2D eigenvalue weighted by Crippen LogP contribution is -2.12. The molecule has 2 aliphatic carbocycles. The van der Waals surface area contributed by atoms with Gasteiger partial charge < -0.3 is 5.32 Å². The van der Waals surface area contributed by atoms with Crippen molar-refractivity contribution in [3.05, 3.63) is 46.4 Å². The van der Waals surface area contributed by atoms with Gasteiger partial charge >= 0.3 is 0 Å². The SMILES string of the molecule is Cc1nnsc1C(=O)Nc1ccc(-n2nc(C3CC3)cc2C2CC2)nc1. The molecule has 7 nitrogen and oxygen atoms in total. The molecule has 0 unspecified atom stereocenters. The van der Waals surface area contributed by atoms with Crippen molar-refractivity contribution in [1.29, 1.82) is 0 Å². The number of amides is 1. The topological polar surface area (TPSA) is 85.6 Å². The van der Waals surface area contributed by atoms with Crippen LogP contribution in [0.25, 0.3) is 5.82 Å². The van der Waals surface area contributed by atoms with Crippen molar-refractivity contribution >= 4 is 23.1 Å². The number of hydrogen-bond donors (Lipinski definition) is 1. The van der Waals surface area contributed by atoms with E-state index in [2.05, 4.69) is 26.0 Å². The third-order valence-corrected chi connectivity index (χ3v) is 5.65. The van der Waals surface area contributed by atoms with Crippen LogP contribution in [-0.2, 0) is 0 Å². The minimum absolute atomic E-state index is 0.208. The molecule has 0 atom stereocenters. The summed E-state index contributed by atoms with van der Waals surface area (Å²) in [5, 5.41) is 11.5. The standard InChI is InChI=1S/C18H18N6OS/c1-10-17(26-23-21-10)18(25)20-13-6-7-16(19-9-13)24-15(12-4-5-12)8-14(22-24)11-2-3-11/h6-9,11-12H,2-5H2,1H3,(H,20,25). The number of aryl methyl sites for hydroxylation is 1. The summed E-state index contributed by atoms with van der Waals surface area (Å²) < 4.78 is 5.78. The Hall–Kier alpha value is -2.61. The van der Waals surface area contributed by atoms with E-state index in [1.54, 1.807) is 13.1 Å². The predicted octanol–water partition coefficient (Wildman–Crippen LogP) is 3.43. The summed E-state index contributed by atoms with van der Waals surface area (Å²) in [5.41, 5.74) is 3.74. The first-order chi connectivity index (χ1) is 12.7. The number of aromatic nitrogens is 5. The summed E-state index contributed by atoms with van der Waals surface area (Å²) in [5.74, 6) is 1.83. The molecule has 1 amide bonds. The van der Waals surface area contributed by atoms with Gasteiger partial charge in [-0.15, -0.1) is 5.10 Å². The first kappa shape index (κ1) is 15.6. The third-order valence-electron chi connectivity index (χ3n) is 4.83. The minimum Gasteiger partial charge on any atom is -0.320 e. The van der Waals surface area contributed by atoms with Crippen LogP contribution in [0.15, 0.2) is 24.4 Å². The first-order valence-electron chi connectivity index (χ1n) is 8.85. The predicted molar refractivity (Wildman–Crippen MR) is 97.9 cm³/mol. The maximum absolute atomic E-state index is 12.3. The second kappa shape index (κ2) is 5.98. The van der Waals surface area contributed by atoms with Crippen LogP contribution in [0.5, 0.6) is 0 Å². The smallest absolute Gasteiger partial charge is 0.269 e. The summed E-state index contributed by atoms with van der Waals surface area (Å²) >= 11 is 1.09. The van der Waals surface area contributed by atoms with Crippen molar-refractivity contribution in [2.45, 2.75) is 44.4 Å². The van der Waals surface area contributed by atoms with Crippen LogP contribution in [0, 0.1) is 6.92 Å². The minimum atomic E-state index is -0.208. The molecule has 8 heteroatoms. The van der Waals surface area contributed by atoms with Gasteiger partial charge in [-0.25, -0.2) is 9.67 Å². The number of carbonyl (C=O) groups excluding carboxylic acids is 1. The molecule has 0 aliphatic heterocycles. The number of pyridine rings is 1. The first-order valence-corrected chi connectivity index (χ1v) is 9.63. The van der Waals surface area contributed by atoms with Gasteiger partial charge in [0.25, 0.3) is 5.91 Å². The Morgan fingerprint density at radius 2 is 2.04 bits per heavy atom. The van der Waals surface area contributed by atoms with E-state index in [4.69, 9.17) is 5.10 Å². The second-order valence-corrected chi connectivity index (χ2v) is 7.76. The van der Waals surface area contributed by atoms with Gasteiger partial charge in [-0.05, 0) is 62.3 Å². The lowest BCUT2D eigenvalue weighted by molar-refractivity contribution is 0.103. The van der Waals surface area contributed by atoms with Crippen molar-refractivity contribution in [2.24, 2.45) is 0 Å². The van der Waals surface area contributed by atoms with Crippen molar-refractivity contribution < 1.29 is 4.79 Å². The van der Waals surface area contributed by atoms with Gasteiger partial charge in [-0.2, -0.15) is 5.10 Å². The maximum atomic E-state index is 12.3. The fraction of sp³-hybridized carbons (Fsp3) is 0.389. The van der Waals surface area contributed by atoms with Gasteiger partial charge in [0.2, 0.25) is 0 Å². The molecule has 0 aromatic carbocycles. The molecule has 2 saturated carbocycles. The number of carbonyl (C=O) groups is 1. The molecular weight excluding hydrogens is 348 g/mol. The number of hydrogen-bond acceptors (Lipinski definition) is 6. The molecule has 2 fully saturated rings. The van der Waals surface area contributed by atoms with Crippen molar-refractivity contribution in [1.82, 2.24) is 24.4 Å². The summed E-state index contributed by atoms with van der Waals surface area (Å²) in [4.78, 5) is 17.3. The van der Waals surface area contributed by atoms with Crippen LogP contribution >= 0.6 is 11.5 Å². The number of rotatable bonds is 5. The van der Waals surface area contributed by atoms with E-state index in [9.17, 15) is 4.79 Å². The Labute approximate surface area is 154 Å². The Balaban J connectivity index is 1.38. The van der Waals surface area contributed by atoms with Gasteiger partial charge in [0.05, 0.1) is 23.3 Å². The number of anilines is 1. The van der Waals surface area contributed by atoms with Gasteiger partial charge in [0.1, 0.15) is 4.88 Å². The van der Waals surface area contributed by atoms with E-state index < -0.39 is 0 Å². The quantitative estimate of drug-likeness (QED) is 0.748. The zero-order valence-corrected chi connectivity index (χ0v) is 15.2. The molecular formula is C18H18N6OS. The van der Waals surface area contributed by atoms with E-state index in [1.165, 1.54) is 37.1 Å². The van der Waals surface area contributed by atoms with E-state index in [0.717, 1.165) is 17.4 Å². The molecule has 5 rings (SSSR count). The van der Waals surface area contributed by atoms with Gasteiger partial charge in [-0.3, -0.25) is 4.79 Å². The molecule has 2 aliphatic rings. The summed E-state index contributed by atoms with van der Waals surface area (Å²) in [6.07, 6.45) is 6.61. The Bertz CT molecular complexity index is 968. The van der Waals surface area contributed by atoms with Crippen LogP contribution in [0.1, 0.15) is 64.3 Å². The molecule has 3 aromatic rings. The lowest BCUT2D eigenvalue weighted by atomic mass is 10.2. The molecule has 0 radical (unpaired) electrons. The highest BCUT2D eigenvalue weighted by molar-refractivity contribution is 7.08. The fourth-order valence-electron chi connectivity index (χ4n) is 3.06. The molecule has 0 saturated heterocycles. The van der Waals surface area contributed by atoms with Crippen LogP contribution in [0.2, 0.25) is 0 Å². The molecule has 132 valence electrons. The van der Waals surface area contributed by atoms with Gasteiger partial charge in [0, 0.05) is 17.5 Å². The molecule has 1 N–H and O–H groups in total. The number of nitrogens with zero attached hydrogens (tertiary/aromatic N) is 5. The van der Waals surface area contributed by atoms with Gasteiger partial charge in [0.15, 0.2) is 5.82 Å². The van der Waals surface area contributed by atoms with Gasteiger partial charge in [-0.1, -0.05) is 4.49 Å². The summed E-state index contributed by atoms with van der Waals surface area (Å²) in [6, 6.07) is 6.02. The third kappa shape index (κ3) is 2.90. The van der Waals surface area contributed by atoms with Crippen molar-refractivity contribution in [2.75, 3.05) is 5.32 Å². The maximum Gasteiger partial charge on any atom is 0.269 e. The average molecular weight is 366 g/mol. The van der Waals surface area contributed by atoms with E-state index >= 15 is 0 Å². The van der Waals surface area contributed by atoms with Crippen molar-refractivity contribution in [3.63, 3.8) is 0 Å². The summed E-state index contributed by atoms with van der Waals surface area (Å²) in [6.45, 7) is 1.77. The number of nitrogens with one attached hydrogen (secondary N) is 1. The van der Waals surface area contributed by atoms with Crippen molar-refractivity contribution in [3.8, 4) is 5.82 Å².